The van der Waals surface area contributed by atoms with Crippen molar-refractivity contribution in [1.29, 1.82) is 0 Å². The van der Waals surface area contributed by atoms with Crippen LogP contribution in [0, 0.1) is 6.92 Å². The largest absolute Gasteiger partial charge is 0.468 e. The van der Waals surface area contributed by atoms with Gasteiger partial charge in [0.25, 0.3) is 0 Å². The van der Waals surface area contributed by atoms with E-state index in [-0.39, 0.29) is 12.6 Å². The van der Waals surface area contributed by atoms with E-state index in [1.807, 2.05) is 6.20 Å². The minimum absolute atomic E-state index is 0.127. The zero-order valence-electron chi connectivity index (χ0n) is 14.6. The molecule has 2 rings (SSSR count). The summed E-state index contributed by atoms with van der Waals surface area (Å²) in [6.45, 7) is 2.45. The highest BCUT2D eigenvalue weighted by Gasteiger charge is 2.19. The van der Waals surface area contributed by atoms with Gasteiger partial charge in [0.05, 0.1) is 7.11 Å². The van der Waals surface area contributed by atoms with Crippen LogP contribution in [0.2, 0.25) is 0 Å². The SMILES string of the molecule is COC(=O)CNC(=O)NCCc1ncc(C)n1C1CCCCCC1. The number of ether oxygens (including phenoxy) is 1. The summed E-state index contributed by atoms with van der Waals surface area (Å²) in [5, 5.41) is 5.21. The van der Waals surface area contributed by atoms with Crippen molar-refractivity contribution in [1.82, 2.24) is 20.2 Å². The molecule has 7 nitrogen and oxygen atoms in total. The normalized spacial score (nSPS) is 15.6. The Labute approximate surface area is 143 Å². The van der Waals surface area contributed by atoms with E-state index in [4.69, 9.17) is 0 Å². The number of carbonyl (C=O) groups excluding carboxylic acids is 2. The Balaban J connectivity index is 1.84. The second-order valence-electron chi connectivity index (χ2n) is 6.27. The molecule has 0 atom stereocenters. The molecule has 0 spiro atoms. The number of aromatic nitrogens is 2. The second-order valence-corrected chi connectivity index (χ2v) is 6.27. The average Bonchev–Trinajstić information content (AvgIpc) is 2.78. The van der Waals surface area contributed by atoms with Crippen LogP contribution >= 0.6 is 0 Å². The van der Waals surface area contributed by atoms with Crippen LogP contribution in [0.5, 0.6) is 0 Å². The lowest BCUT2D eigenvalue weighted by Crippen LogP contribution is -2.39. The number of hydrogen-bond donors (Lipinski definition) is 2. The molecular weight excluding hydrogens is 308 g/mol. The molecule has 0 unspecified atom stereocenters. The summed E-state index contributed by atoms with van der Waals surface area (Å²) in [5.74, 6) is 0.553. The van der Waals surface area contributed by atoms with Gasteiger partial charge in [-0.2, -0.15) is 0 Å². The van der Waals surface area contributed by atoms with E-state index in [1.165, 1.54) is 51.3 Å². The highest BCUT2D eigenvalue weighted by atomic mass is 16.5. The van der Waals surface area contributed by atoms with Gasteiger partial charge in [-0.1, -0.05) is 25.7 Å². The van der Waals surface area contributed by atoms with Crippen molar-refractivity contribution in [2.75, 3.05) is 20.2 Å². The molecule has 1 aromatic heterocycles. The Hall–Kier alpha value is -2.05. The Morgan fingerprint density at radius 1 is 1.25 bits per heavy atom. The molecule has 1 aliphatic rings. The van der Waals surface area contributed by atoms with Gasteiger partial charge >= 0.3 is 12.0 Å². The highest BCUT2D eigenvalue weighted by Crippen LogP contribution is 2.29. The van der Waals surface area contributed by atoms with Gasteiger partial charge < -0.3 is 19.9 Å². The van der Waals surface area contributed by atoms with Crippen molar-refractivity contribution in [2.24, 2.45) is 0 Å². The first-order valence-corrected chi connectivity index (χ1v) is 8.73. The topological polar surface area (TPSA) is 85.2 Å². The van der Waals surface area contributed by atoms with Crippen LogP contribution in [0.25, 0.3) is 0 Å². The molecule has 2 N–H and O–H groups in total. The molecule has 1 heterocycles. The summed E-state index contributed by atoms with van der Waals surface area (Å²) in [6.07, 6.45) is 10.2. The molecule has 1 fully saturated rings. The molecule has 2 amide bonds. The molecule has 1 aliphatic carbocycles. The lowest BCUT2D eigenvalue weighted by atomic mass is 10.1. The summed E-state index contributed by atoms with van der Waals surface area (Å²) in [7, 11) is 1.29. The molecule has 0 bridgehead atoms. The fraction of sp³-hybridized carbons (Fsp3) is 0.706. The van der Waals surface area contributed by atoms with Crippen molar-refractivity contribution in [3.05, 3.63) is 17.7 Å². The predicted octanol–water partition coefficient (Wildman–Crippen LogP) is 2.10. The molecule has 24 heavy (non-hydrogen) atoms. The van der Waals surface area contributed by atoms with Gasteiger partial charge in [-0.25, -0.2) is 9.78 Å². The standard InChI is InChI=1S/C17H28N4O3/c1-13-11-19-15(21(13)14-7-5-3-4-6-8-14)9-10-18-17(23)20-12-16(22)24-2/h11,14H,3-10,12H2,1-2H3,(H2,18,20,23). The number of imidazole rings is 1. The number of hydrogen-bond acceptors (Lipinski definition) is 4. The summed E-state index contributed by atoms with van der Waals surface area (Å²) in [4.78, 5) is 27.1. The first-order chi connectivity index (χ1) is 11.6. The summed E-state index contributed by atoms with van der Waals surface area (Å²) in [5.41, 5.74) is 1.19. The first kappa shape index (κ1) is 18.3. The quantitative estimate of drug-likeness (QED) is 0.615. The Bertz CT molecular complexity index is 548. The van der Waals surface area contributed by atoms with Gasteiger partial charge in [-0.15, -0.1) is 0 Å². The first-order valence-electron chi connectivity index (χ1n) is 8.73. The number of nitrogens with one attached hydrogen (secondary N) is 2. The molecule has 1 aromatic rings. The average molecular weight is 336 g/mol. The van der Waals surface area contributed by atoms with Crippen LogP contribution in [0.4, 0.5) is 4.79 Å². The van der Waals surface area contributed by atoms with E-state index in [0.717, 1.165) is 5.82 Å². The maximum absolute atomic E-state index is 11.6. The van der Waals surface area contributed by atoms with E-state index in [0.29, 0.717) is 19.0 Å². The van der Waals surface area contributed by atoms with Gasteiger partial charge in [0.15, 0.2) is 0 Å². The monoisotopic (exact) mass is 336 g/mol. The number of urea groups is 1. The van der Waals surface area contributed by atoms with Crippen LogP contribution in [0.3, 0.4) is 0 Å². The molecule has 134 valence electrons. The fourth-order valence-electron chi connectivity index (χ4n) is 3.27. The van der Waals surface area contributed by atoms with Gasteiger partial charge in [0.1, 0.15) is 12.4 Å². The van der Waals surface area contributed by atoms with Crippen molar-refractivity contribution < 1.29 is 14.3 Å². The molecule has 0 aromatic carbocycles. The van der Waals surface area contributed by atoms with E-state index >= 15 is 0 Å². The van der Waals surface area contributed by atoms with Crippen LogP contribution in [0.1, 0.15) is 56.1 Å². The third-order valence-electron chi connectivity index (χ3n) is 4.50. The number of nitrogens with zero attached hydrogens (tertiary/aromatic N) is 2. The van der Waals surface area contributed by atoms with Crippen molar-refractivity contribution in [3.63, 3.8) is 0 Å². The fourth-order valence-corrected chi connectivity index (χ4v) is 3.27. The van der Waals surface area contributed by atoms with Crippen LogP contribution < -0.4 is 10.6 Å². The van der Waals surface area contributed by atoms with Crippen molar-refractivity contribution >= 4 is 12.0 Å². The van der Waals surface area contributed by atoms with Gasteiger partial charge in [-0.3, -0.25) is 4.79 Å². The van der Waals surface area contributed by atoms with E-state index in [9.17, 15) is 9.59 Å². The number of rotatable bonds is 6. The van der Waals surface area contributed by atoms with E-state index < -0.39 is 5.97 Å². The zero-order chi connectivity index (χ0) is 17.4. The number of esters is 1. The maximum atomic E-state index is 11.6. The lowest BCUT2D eigenvalue weighted by molar-refractivity contribution is -0.139. The summed E-state index contributed by atoms with van der Waals surface area (Å²) in [6, 6.07) is 0.155. The Morgan fingerprint density at radius 2 is 1.96 bits per heavy atom. The minimum atomic E-state index is -0.468. The molecule has 7 heteroatoms. The third kappa shape index (κ3) is 5.25. The lowest BCUT2D eigenvalue weighted by Gasteiger charge is -2.21. The van der Waals surface area contributed by atoms with Crippen LogP contribution in [-0.4, -0.2) is 41.8 Å². The number of methoxy groups -OCH3 is 1. The molecular formula is C17H28N4O3. The minimum Gasteiger partial charge on any atom is -0.468 e. The molecule has 0 saturated heterocycles. The molecule has 0 radical (unpaired) electrons. The Morgan fingerprint density at radius 3 is 2.62 bits per heavy atom. The predicted molar refractivity (Wildman–Crippen MR) is 90.8 cm³/mol. The molecule has 1 saturated carbocycles. The number of amides is 2. The van der Waals surface area contributed by atoms with Crippen molar-refractivity contribution in [2.45, 2.75) is 57.9 Å². The van der Waals surface area contributed by atoms with Crippen molar-refractivity contribution in [3.8, 4) is 0 Å². The van der Waals surface area contributed by atoms with E-state index in [2.05, 4.69) is 31.8 Å². The van der Waals surface area contributed by atoms with Gasteiger partial charge in [0, 0.05) is 30.9 Å². The van der Waals surface area contributed by atoms with E-state index in [1.54, 1.807) is 0 Å². The highest BCUT2D eigenvalue weighted by molar-refractivity contribution is 5.80. The number of aryl methyl sites for hydroxylation is 1. The van der Waals surface area contributed by atoms with Gasteiger partial charge in [0.2, 0.25) is 0 Å². The maximum Gasteiger partial charge on any atom is 0.325 e. The zero-order valence-corrected chi connectivity index (χ0v) is 14.6. The van der Waals surface area contributed by atoms with Gasteiger partial charge in [-0.05, 0) is 19.8 Å². The third-order valence-corrected chi connectivity index (χ3v) is 4.50. The van der Waals surface area contributed by atoms with Crippen LogP contribution in [0.15, 0.2) is 6.20 Å². The number of carbonyl (C=O) groups is 2. The second kappa shape index (κ2) is 9.30. The summed E-state index contributed by atoms with van der Waals surface area (Å²) >= 11 is 0. The molecule has 0 aliphatic heterocycles. The van der Waals surface area contributed by atoms with Crippen LogP contribution in [-0.2, 0) is 16.0 Å². The smallest absolute Gasteiger partial charge is 0.325 e. The Kier molecular flexibility index (Phi) is 7.08. The summed E-state index contributed by atoms with van der Waals surface area (Å²) < 4.78 is 6.82.